The summed E-state index contributed by atoms with van der Waals surface area (Å²) in [5.74, 6) is -0.659. The minimum Gasteiger partial charge on any atom is -0.481 e. The van der Waals surface area contributed by atoms with Gasteiger partial charge >= 0.3 is 5.97 Å². The van der Waals surface area contributed by atoms with E-state index in [1.807, 2.05) is 0 Å². The molecular formula is C13H9N3O4. The molecule has 1 aromatic carbocycles. The molecule has 0 unspecified atom stereocenters. The lowest BCUT2D eigenvalue weighted by Gasteiger charge is -2.09. The Kier molecular flexibility index (Phi) is 3.00. The van der Waals surface area contributed by atoms with Crippen LogP contribution in [0.2, 0.25) is 0 Å². The highest BCUT2D eigenvalue weighted by atomic mass is 16.5. The van der Waals surface area contributed by atoms with Crippen LogP contribution in [-0.2, 0) is 6.61 Å². The van der Waals surface area contributed by atoms with Gasteiger partial charge in [0, 0.05) is 5.39 Å². The predicted molar refractivity (Wildman–Crippen MR) is 67.3 cm³/mol. The number of carboxylic acids is 1. The van der Waals surface area contributed by atoms with Gasteiger partial charge in [0.25, 0.3) is 5.89 Å². The van der Waals surface area contributed by atoms with E-state index in [1.165, 1.54) is 12.5 Å². The number of aromatic nitrogens is 3. The molecule has 0 amide bonds. The van der Waals surface area contributed by atoms with E-state index in [2.05, 4.69) is 15.1 Å². The fourth-order valence-electron chi connectivity index (χ4n) is 1.85. The topological polar surface area (TPSA) is 98.3 Å². The van der Waals surface area contributed by atoms with Crippen LogP contribution in [0.15, 0.2) is 41.3 Å². The number of hydrogen-bond acceptors (Lipinski definition) is 6. The Bertz CT molecular complexity index is 755. The molecule has 3 rings (SSSR count). The Labute approximate surface area is 112 Å². The number of benzene rings is 1. The zero-order valence-corrected chi connectivity index (χ0v) is 10.2. The van der Waals surface area contributed by atoms with Crippen molar-refractivity contribution in [2.24, 2.45) is 0 Å². The van der Waals surface area contributed by atoms with Crippen LogP contribution in [0.3, 0.4) is 0 Å². The Hall–Kier alpha value is -2.96. The molecule has 0 saturated carbocycles. The van der Waals surface area contributed by atoms with Gasteiger partial charge in [0.05, 0.1) is 11.7 Å². The van der Waals surface area contributed by atoms with Crippen LogP contribution < -0.4 is 4.74 Å². The average Bonchev–Trinajstić information content (AvgIpc) is 2.97. The summed E-state index contributed by atoms with van der Waals surface area (Å²) >= 11 is 0. The van der Waals surface area contributed by atoms with E-state index >= 15 is 0 Å². The SMILES string of the molecule is O=C(O)c1c(OCc2ncno2)cnc2ccccc12. The molecule has 7 nitrogen and oxygen atoms in total. The van der Waals surface area contributed by atoms with E-state index < -0.39 is 5.97 Å². The second-order valence-electron chi connectivity index (χ2n) is 3.94. The third-order valence-corrected chi connectivity index (χ3v) is 2.71. The van der Waals surface area contributed by atoms with Gasteiger partial charge in [0.2, 0.25) is 0 Å². The molecule has 100 valence electrons. The maximum absolute atomic E-state index is 11.4. The van der Waals surface area contributed by atoms with Crippen molar-refractivity contribution < 1.29 is 19.2 Å². The number of carbonyl (C=O) groups is 1. The number of fused-ring (bicyclic) bond motifs is 1. The smallest absolute Gasteiger partial charge is 0.340 e. The van der Waals surface area contributed by atoms with Crippen LogP contribution in [0.1, 0.15) is 16.2 Å². The summed E-state index contributed by atoms with van der Waals surface area (Å²) in [6.07, 6.45) is 2.62. The molecule has 2 heterocycles. The fraction of sp³-hybridized carbons (Fsp3) is 0.0769. The van der Waals surface area contributed by atoms with Gasteiger partial charge in [-0.05, 0) is 6.07 Å². The Balaban J connectivity index is 2.01. The number of nitrogens with zero attached hydrogens (tertiary/aromatic N) is 3. The van der Waals surface area contributed by atoms with Crippen molar-refractivity contribution in [3.05, 3.63) is 48.2 Å². The van der Waals surface area contributed by atoms with E-state index in [9.17, 15) is 9.90 Å². The van der Waals surface area contributed by atoms with Crippen molar-refractivity contribution in [3.63, 3.8) is 0 Å². The minimum atomic E-state index is -1.08. The molecule has 0 fully saturated rings. The summed E-state index contributed by atoms with van der Waals surface area (Å²) in [5, 5.41) is 13.3. The molecule has 2 aromatic heterocycles. The molecule has 0 spiro atoms. The number of para-hydroxylation sites is 1. The second kappa shape index (κ2) is 4.96. The Morgan fingerprint density at radius 1 is 1.30 bits per heavy atom. The number of hydrogen-bond donors (Lipinski definition) is 1. The number of ether oxygens (including phenoxy) is 1. The number of pyridine rings is 1. The van der Waals surface area contributed by atoms with Crippen molar-refractivity contribution in [1.82, 2.24) is 15.1 Å². The van der Waals surface area contributed by atoms with Crippen LogP contribution >= 0.6 is 0 Å². The van der Waals surface area contributed by atoms with Crippen molar-refractivity contribution in [3.8, 4) is 5.75 Å². The van der Waals surface area contributed by atoms with Crippen LogP contribution in [0.5, 0.6) is 5.75 Å². The van der Waals surface area contributed by atoms with Crippen molar-refractivity contribution in [1.29, 1.82) is 0 Å². The van der Waals surface area contributed by atoms with Gasteiger partial charge in [-0.2, -0.15) is 4.98 Å². The summed E-state index contributed by atoms with van der Waals surface area (Å²) in [5.41, 5.74) is 0.658. The first-order valence-electron chi connectivity index (χ1n) is 5.75. The predicted octanol–water partition coefficient (Wildman–Crippen LogP) is 1.89. The van der Waals surface area contributed by atoms with Crippen molar-refractivity contribution >= 4 is 16.9 Å². The van der Waals surface area contributed by atoms with E-state index in [0.29, 0.717) is 10.9 Å². The van der Waals surface area contributed by atoms with E-state index in [-0.39, 0.29) is 23.8 Å². The molecule has 0 aliphatic carbocycles. The lowest BCUT2D eigenvalue weighted by atomic mass is 10.1. The minimum absolute atomic E-state index is 0.0136. The standard InChI is InChI=1S/C13H9N3O4/c17-13(18)12-8-3-1-2-4-9(8)14-5-10(12)19-6-11-15-7-16-20-11/h1-5,7H,6H2,(H,17,18). The molecule has 0 bridgehead atoms. The second-order valence-corrected chi connectivity index (χ2v) is 3.94. The lowest BCUT2D eigenvalue weighted by molar-refractivity contribution is 0.0693. The van der Waals surface area contributed by atoms with Gasteiger partial charge in [0.1, 0.15) is 5.56 Å². The molecule has 0 atom stereocenters. The zero-order valence-electron chi connectivity index (χ0n) is 10.2. The maximum Gasteiger partial charge on any atom is 0.340 e. The molecule has 7 heteroatoms. The van der Waals surface area contributed by atoms with Gasteiger partial charge in [0.15, 0.2) is 18.7 Å². The number of carboxylic acid groups (broad SMARTS) is 1. The first-order valence-corrected chi connectivity index (χ1v) is 5.75. The molecule has 0 radical (unpaired) electrons. The van der Waals surface area contributed by atoms with Crippen LogP contribution in [0.25, 0.3) is 10.9 Å². The van der Waals surface area contributed by atoms with Gasteiger partial charge in [-0.15, -0.1) is 0 Å². The Morgan fingerprint density at radius 2 is 2.15 bits per heavy atom. The van der Waals surface area contributed by atoms with E-state index in [4.69, 9.17) is 9.26 Å². The molecule has 0 aliphatic rings. The summed E-state index contributed by atoms with van der Waals surface area (Å²) in [4.78, 5) is 19.4. The third-order valence-electron chi connectivity index (χ3n) is 2.71. The highest BCUT2D eigenvalue weighted by Gasteiger charge is 2.17. The monoisotopic (exact) mass is 271 g/mol. The largest absolute Gasteiger partial charge is 0.481 e. The van der Waals surface area contributed by atoms with Crippen LogP contribution in [0, 0.1) is 0 Å². The van der Waals surface area contributed by atoms with E-state index in [0.717, 1.165) is 0 Å². The van der Waals surface area contributed by atoms with Gasteiger partial charge in [-0.3, -0.25) is 4.98 Å². The number of rotatable bonds is 4. The molecule has 0 saturated heterocycles. The number of aromatic carboxylic acids is 1. The molecule has 0 aliphatic heterocycles. The molecule has 1 N–H and O–H groups in total. The van der Waals surface area contributed by atoms with Crippen LogP contribution in [0.4, 0.5) is 0 Å². The summed E-state index contributed by atoms with van der Waals surface area (Å²) in [6, 6.07) is 6.97. The summed E-state index contributed by atoms with van der Waals surface area (Å²) < 4.78 is 10.2. The first kappa shape index (κ1) is 12.1. The molecule has 20 heavy (non-hydrogen) atoms. The average molecular weight is 271 g/mol. The highest BCUT2D eigenvalue weighted by molar-refractivity contribution is 6.04. The quantitative estimate of drug-likeness (QED) is 0.773. The molecule has 3 aromatic rings. The van der Waals surface area contributed by atoms with Gasteiger partial charge in [-0.25, -0.2) is 4.79 Å². The van der Waals surface area contributed by atoms with Gasteiger partial charge in [-0.1, -0.05) is 23.4 Å². The van der Waals surface area contributed by atoms with Crippen molar-refractivity contribution in [2.75, 3.05) is 0 Å². The first-order chi connectivity index (χ1) is 9.75. The third kappa shape index (κ3) is 2.16. The maximum atomic E-state index is 11.4. The summed E-state index contributed by atoms with van der Waals surface area (Å²) in [6.45, 7) is -0.0136. The lowest BCUT2D eigenvalue weighted by Crippen LogP contribution is -2.05. The highest BCUT2D eigenvalue weighted by Crippen LogP contribution is 2.26. The zero-order chi connectivity index (χ0) is 13.9. The Morgan fingerprint density at radius 3 is 2.90 bits per heavy atom. The summed E-state index contributed by atoms with van der Waals surface area (Å²) in [7, 11) is 0. The van der Waals surface area contributed by atoms with Gasteiger partial charge < -0.3 is 14.4 Å². The van der Waals surface area contributed by atoms with Crippen LogP contribution in [-0.4, -0.2) is 26.2 Å². The normalized spacial score (nSPS) is 10.6. The van der Waals surface area contributed by atoms with Crippen molar-refractivity contribution in [2.45, 2.75) is 6.61 Å². The van der Waals surface area contributed by atoms with E-state index in [1.54, 1.807) is 24.3 Å². The molecular weight excluding hydrogens is 262 g/mol. The fourth-order valence-corrected chi connectivity index (χ4v) is 1.85.